The largest absolute Gasteiger partial charge is 0.307 e. The Hall–Kier alpha value is -2.71. The molecule has 6 nitrogen and oxygen atoms in total. The molecule has 0 spiro atoms. The first-order chi connectivity index (χ1) is 12.7. The number of thioether (sulfide) groups is 1. The van der Waals surface area contributed by atoms with Crippen LogP contribution >= 0.6 is 23.1 Å². The van der Waals surface area contributed by atoms with Crippen LogP contribution in [0.5, 0.6) is 0 Å². The molecule has 0 aliphatic heterocycles. The lowest BCUT2D eigenvalue weighted by Gasteiger charge is -2.15. The standard InChI is InChI=1S/C18H15N5OS2/c1-22(18-21-19-12-26-18)17(24)14-6-2-3-7-15(14)25-11-13-10-23-9-5-4-8-16(23)20-13/h2-10,12H,11H2,1H3. The van der Waals surface area contributed by atoms with Gasteiger partial charge in [0.2, 0.25) is 5.13 Å². The molecule has 4 aromatic rings. The Bertz CT molecular complexity index is 1010. The Balaban J connectivity index is 1.54. The van der Waals surface area contributed by atoms with Crippen LogP contribution in [0.1, 0.15) is 16.1 Å². The normalized spacial score (nSPS) is 11.0. The highest BCUT2D eigenvalue weighted by Gasteiger charge is 2.19. The molecule has 0 saturated carbocycles. The Morgan fingerprint density at radius 3 is 2.88 bits per heavy atom. The average Bonchev–Trinajstić information content (AvgIpc) is 3.34. The summed E-state index contributed by atoms with van der Waals surface area (Å²) in [7, 11) is 1.71. The maximum absolute atomic E-state index is 12.8. The first kappa shape index (κ1) is 16.7. The first-order valence-electron chi connectivity index (χ1n) is 7.91. The van der Waals surface area contributed by atoms with Crippen molar-refractivity contribution >= 4 is 39.8 Å². The number of benzene rings is 1. The third-order valence-corrected chi connectivity index (χ3v) is 5.72. The van der Waals surface area contributed by atoms with Crippen molar-refractivity contribution in [2.24, 2.45) is 0 Å². The van der Waals surface area contributed by atoms with Gasteiger partial charge < -0.3 is 4.40 Å². The average molecular weight is 381 g/mol. The van der Waals surface area contributed by atoms with Gasteiger partial charge in [0.25, 0.3) is 5.91 Å². The minimum absolute atomic E-state index is 0.0974. The molecule has 0 N–H and O–H groups in total. The van der Waals surface area contributed by atoms with Crippen LogP contribution < -0.4 is 4.90 Å². The number of imidazole rings is 1. The highest BCUT2D eigenvalue weighted by atomic mass is 32.2. The minimum Gasteiger partial charge on any atom is -0.307 e. The van der Waals surface area contributed by atoms with E-state index in [2.05, 4.69) is 15.2 Å². The van der Waals surface area contributed by atoms with E-state index in [1.165, 1.54) is 16.2 Å². The van der Waals surface area contributed by atoms with Gasteiger partial charge in [0.15, 0.2) is 0 Å². The molecular weight excluding hydrogens is 366 g/mol. The van der Waals surface area contributed by atoms with E-state index in [1.54, 1.807) is 24.3 Å². The maximum Gasteiger partial charge on any atom is 0.260 e. The van der Waals surface area contributed by atoms with Crippen LogP contribution in [0.15, 0.2) is 65.3 Å². The van der Waals surface area contributed by atoms with Crippen molar-refractivity contribution in [1.82, 2.24) is 19.6 Å². The van der Waals surface area contributed by atoms with Crippen molar-refractivity contribution < 1.29 is 4.79 Å². The number of amides is 1. The summed E-state index contributed by atoms with van der Waals surface area (Å²) in [5, 5.41) is 8.34. The van der Waals surface area contributed by atoms with Crippen molar-refractivity contribution in [2.45, 2.75) is 10.6 Å². The molecule has 0 bridgehead atoms. The van der Waals surface area contributed by atoms with Gasteiger partial charge in [-0.15, -0.1) is 22.0 Å². The Morgan fingerprint density at radius 2 is 2.08 bits per heavy atom. The zero-order valence-electron chi connectivity index (χ0n) is 13.9. The molecule has 130 valence electrons. The molecule has 8 heteroatoms. The summed E-state index contributed by atoms with van der Waals surface area (Å²) in [6.07, 6.45) is 3.99. The summed E-state index contributed by atoms with van der Waals surface area (Å²) in [5.41, 5.74) is 4.16. The van der Waals surface area contributed by atoms with Gasteiger partial charge in [-0.3, -0.25) is 9.69 Å². The smallest absolute Gasteiger partial charge is 0.260 e. The number of carbonyl (C=O) groups excluding carboxylic acids is 1. The second kappa shape index (κ2) is 7.27. The zero-order valence-corrected chi connectivity index (χ0v) is 15.6. The van der Waals surface area contributed by atoms with Crippen molar-refractivity contribution in [2.75, 3.05) is 11.9 Å². The minimum atomic E-state index is -0.0974. The number of carbonyl (C=O) groups is 1. The monoisotopic (exact) mass is 381 g/mol. The molecule has 3 aromatic heterocycles. The van der Waals surface area contributed by atoms with E-state index in [0.717, 1.165) is 16.2 Å². The van der Waals surface area contributed by atoms with E-state index in [0.29, 0.717) is 16.4 Å². The molecule has 26 heavy (non-hydrogen) atoms. The SMILES string of the molecule is CN(C(=O)c1ccccc1SCc1cn2ccccc2n1)c1nncs1. The molecule has 0 atom stereocenters. The number of pyridine rings is 1. The van der Waals surface area contributed by atoms with E-state index < -0.39 is 0 Å². The number of nitrogens with zero attached hydrogens (tertiary/aromatic N) is 5. The van der Waals surface area contributed by atoms with Crippen molar-refractivity contribution in [3.8, 4) is 0 Å². The van der Waals surface area contributed by atoms with E-state index in [9.17, 15) is 4.79 Å². The van der Waals surface area contributed by atoms with Crippen LogP contribution in [0.25, 0.3) is 5.65 Å². The molecule has 0 aliphatic carbocycles. The molecule has 0 unspecified atom stereocenters. The summed E-state index contributed by atoms with van der Waals surface area (Å²) < 4.78 is 2.00. The van der Waals surface area contributed by atoms with Crippen LogP contribution in [0.2, 0.25) is 0 Å². The molecule has 0 aliphatic rings. The lowest BCUT2D eigenvalue weighted by molar-refractivity contribution is 0.0990. The molecule has 4 rings (SSSR count). The Labute approximate surface area is 158 Å². The fourth-order valence-corrected chi connectivity index (χ4v) is 4.01. The predicted octanol–water partition coefficient (Wildman–Crippen LogP) is 3.75. The van der Waals surface area contributed by atoms with E-state index in [-0.39, 0.29) is 5.91 Å². The van der Waals surface area contributed by atoms with Crippen molar-refractivity contribution in [1.29, 1.82) is 0 Å². The number of rotatable bonds is 5. The summed E-state index contributed by atoms with van der Waals surface area (Å²) in [6.45, 7) is 0. The molecule has 1 amide bonds. The van der Waals surface area contributed by atoms with E-state index in [4.69, 9.17) is 0 Å². The molecule has 0 saturated heterocycles. The third kappa shape index (κ3) is 3.33. The molecular formula is C18H15N5OS2. The second-order valence-corrected chi connectivity index (χ2v) is 7.40. The van der Waals surface area contributed by atoms with Crippen molar-refractivity contribution in [3.05, 3.63) is 71.6 Å². The topological polar surface area (TPSA) is 63.4 Å². The quantitative estimate of drug-likeness (QED) is 0.493. The van der Waals surface area contributed by atoms with Crippen LogP contribution in [0.4, 0.5) is 5.13 Å². The summed E-state index contributed by atoms with van der Waals surface area (Å²) in [5.74, 6) is 0.592. The fraction of sp³-hybridized carbons (Fsp3) is 0.111. The summed E-state index contributed by atoms with van der Waals surface area (Å²) in [4.78, 5) is 19.9. The van der Waals surface area contributed by atoms with Gasteiger partial charge >= 0.3 is 0 Å². The predicted molar refractivity (Wildman–Crippen MR) is 104 cm³/mol. The van der Waals surface area contributed by atoms with Crippen LogP contribution in [0, 0.1) is 0 Å². The third-order valence-electron chi connectivity index (χ3n) is 3.85. The number of hydrogen-bond donors (Lipinski definition) is 0. The Kier molecular flexibility index (Phi) is 4.68. The Morgan fingerprint density at radius 1 is 1.23 bits per heavy atom. The van der Waals surface area contributed by atoms with Gasteiger partial charge in [-0.2, -0.15) is 0 Å². The zero-order chi connectivity index (χ0) is 17.9. The fourth-order valence-electron chi connectivity index (χ4n) is 2.56. The van der Waals surface area contributed by atoms with Crippen LogP contribution in [-0.2, 0) is 5.75 Å². The molecule has 0 radical (unpaired) electrons. The highest BCUT2D eigenvalue weighted by Crippen LogP contribution is 2.28. The van der Waals surface area contributed by atoms with Gasteiger partial charge in [-0.05, 0) is 24.3 Å². The molecule has 1 aromatic carbocycles. The summed E-state index contributed by atoms with van der Waals surface area (Å²) in [6, 6.07) is 13.5. The van der Waals surface area contributed by atoms with Gasteiger partial charge in [0, 0.05) is 30.1 Å². The maximum atomic E-state index is 12.8. The van der Waals surface area contributed by atoms with E-state index in [1.807, 2.05) is 59.3 Å². The van der Waals surface area contributed by atoms with E-state index >= 15 is 0 Å². The number of anilines is 1. The van der Waals surface area contributed by atoms with Gasteiger partial charge in [0.05, 0.1) is 11.3 Å². The van der Waals surface area contributed by atoms with Gasteiger partial charge in [0.1, 0.15) is 11.2 Å². The first-order valence-corrected chi connectivity index (χ1v) is 9.77. The number of aromatic nitrogens is 4. The lowest BCUT2D eigenvalue weighted by Crippen LogP contribution is -2.26. The molecule has 3 heterocycles. The number of fused-ring (bicyclic) bond motifs is 1. The van der Waals surface area contributed by atoms with Crippen molar-refractivity contribution in [3.63, 3.8) is 0 Å². The lowest BCUT2D eigenvalue weighted by atomic mass is 10.2. The number of hydrogen-bond acceptors (Lipinski definition) is 6. The molecule has 0 fully saturated rings. The highest BCUT2D eigenvalue weighted by molar-refractivity contribution is 7.98. The van der Waals surface area contributed by atoms with Gasteiger partial charge in [-0.1, -0.05) is 29.5 Å². The summed E-state index contributed by atoms with van der Waals surface area (Å²) >= 11 is 2.94. The van der Waals surface area contributed by atoms with Crippen LogP contribution in [0.3, 0.4) is 0 Å². The second-order valence-electron chi connectivity index (χ2n) is 5.57. The van der Waals surface area contributed by atoms with Crippen LogP contribution in [-0.4, -0.2) is 32.5 Å². The van der Waals surface area contributed by atoms with Gasteiger partial charge in [-0.25, -0.2) is 4.98 Å².